The molecule has 1 amide bonds. The van der Waals surface area contributed by atoms with E-state index >= 15 is 0 Å². The van der Waals surface area contributed by atoms with Crippen LogP contribution in [0.25, 0.3) is 0 Å². The summed E-state index contributed by atoms with van der Waals surface area (Å²) in [4.78, 5) is 13.2. The Bertz CT molecular complexity index is 598. The summed E-state index contributed by atoms with van der Waals surface area (Å²) >= 11 is 8.41. The molecule has 0 spiro atoms. The predicted molar refractivity (Wildman–Crippen MR) is 83.9 cm³/mol. The molecule has 0 aliphatic rings. The van der Waals surface area contributed by atoms with Crippen molar-refractivity contribution < 1.29 is 9.53 Å². The lowest BCUT2D eigenvalue weighted by molar-refractivity contribution is 0.0950. The first kappa shape index (κ1) is 14.6. The first-order valence-electron chi connectivity index (χ1n) is 5.45. The van der Waals surface area contributed by atoms with Gasteiger partial charge in [0.15, 0.2) is 0 Å². The smallest absolute Gasteiger partial charge is 0.252 e. The highest BCUT2D eigenvalue weighted by atomic mass is 79.9. The molecule has 1 aromatic carbocycles. The van der Waals surface area contributed by atoms with Gasteiger partial charge < -0.3 is 10.1 Å². The molecule has 0 fully saturated rings. The van der Waals surface area contributed by atoms with E-state index in [0.29, 0.717) is 17.9 Å². The Hall–Kier alpha value is -0.850. The second-order valence-electron chi connectivity index (χ2n) is 3.72. The third kappa shape index (κ3) is 3.58. The normalized spacial score (nSPS) is 10.3. The van der Waals surface area contributed by atoms with Crippen molar-refractivity contribution in [1.29, 1.82) is 0 Å². The standard InChI is InChI=1S/C13H11Br2NO2S/c1-18-8-2-3-10(14)9(6-8)13(17)16-7-12-11(15)4-5-19-12/h2-6H,7H2,1H3,(H,16,17). The van der Waals surface area contributed by atoms with Gasteiger partial charge in [-0.3, -0.25) is 4.79 Å². The highest BCUT2D eigenvalue weighted by Crippen LogP contribution is 2.24. The zero-order valence-electron chi connectivity index (χ0n) is 10.1. The van der Waals surface area contributed by atoms with E-state index in [0.717, 1.165) is 13.8 Å². The second kappa shape index (κ2) is 6.54. The average Bonchev–Trinajstić information content (AvgIpc) is 2.82. The van der Waals surface area contributed by atoms with Crippen molar-refractivity contribution in [3.8, 4) is 5.75 Å². The number of hydrogen-bond acceptors (Lipinski definition) is 3. The van der Waals surface area contributed by atoms with Crippen molar-refractivity contribution in [2.75, 3.05) is 7.11 Å². The Balaban J connectivity index is 2.10. The molecule has 0 saturated carbocycles. The number of benzene rings is 1. The Kier molecular flexibility index (Phi) is 5.01. The van der Waals surface area contributed by atoms with Gasteiger partial charge >= 0.3 is 0 Å². The monoisotopic (exact) mass is 403 g/mol. The molecule has 0 unspecified atom stereocenters. The van der Waals surface area contributed by atoms with Gasteiger partial charge in [0.1, 0.15) is 5.75 Å². The van der Waals surface area contributed by atoms with Crippen LogP contribution in [0.4, 0.5) is 0 Å². The molecule has 0 atom stereocenters. The number of methoxy groups -OCH3 is 1. The van der Waals surface area contributed by atoms with Crippen LogP contribution in [0.2, 0.25) is 0 Å². The molecule has 0 aliphatic heterocycles. The van der Waals surface area contributed by atoms with Gasteiger partial charge in [-0.2, -0.15) is 0 Å². The molecule has 100 valence electrons. The largest absolute Gasteiger partial charge is 0.497 e. The van der Waals surface area contributed by atoms with Crippen molar-refractivity contribution >= 4 is 49.1 Å². The van der Waals surface area contributed by atoms with Crippen LogP contribution in [-0.4, -0.2) is 13.0 Å². The molecule has 19 heavy (non-hydrogen) atoms. The van der Waals surface area contributed by atoms with Crippen LogP contribution in [0.3, 0.4) is 0 Å². The van der Waals surface area contributed by atoms with Gasteiger partial charge in [0.2, 0.25) is 0 Å². The van der Waals surface area contributed by atoms with Gasteiger partial charge in [-0.05, 0) is 61.5 Å². The molecule has 6 heteroatoms. The number of carbonyl (C=O) groups excluding carboxylic acids is 1. The molecular weight excluding hydrogens is 394 g/mol. The number of carbonyl (C=O) groups is 1. The lowest BCUT2D eigenvalue weighted by Crippen LogP contribution is -2.22. The summed E-state index contributed by atoms with van der Waals surface area (Å²) < 4.78 is 6.89. The van der Waals surface area contributed by atoms with E-state index < -0.39 is 0 Å². The fraction of sp³-hybridized carbons (Fsp3) is 0.154. The van der Waals surface area contributed by atoms with E-state index in [1.807, 2.05) is 11.4 Å². The van der Waals surface area contributed by atoms with Gasteiger partial charge in [0.25, 0.3) is 5.91 Å². The Morgan fingerprint density at radius 1 is 1.32 bits per heavy atom. The van der Waals surface area contributed by atoms with Crippen LogP contribution >= 0.6 is 43.2 Å². The van der Waals surface area contributed by atoms with Crippen LogP contribution < -0.4 is 10.1 Å². The van der Waals surface area contributed by atoms with Crippen LogP contribution in [0.15, 0.2) is 38.6 Å². The number of halogens is 2. The number of nitrogens with one attached hydrogen (secondary N) is 1. The van der Waals surface area contributed by atoms with E-state index in [9.17, 15) is 4.79 Å². The molecule has 0 aliphatic carbocycles. The molecule has 1 heterocycles. The first-order valence-corrected chi connectivity index (χ1v) is 7.92. The molecule has 0 radical (unpaired) electrons. The van der Waals surface area contributed by atoms with Crippen LogP contribution in [0.5, 0.6) is 5.75 Å². The zero-order valence-corrected chi connectivity index (χ0v) is 14.1. The lowest BCUT2D eigenvalue weighted by Gasteiger charge is -2.08. The average molecular weight is 405 g/mol. The summed E-state index contributed by atoms with van der Waals surface area (Å²) in [6.07, 6.45) is 0. The van der Waals surface area contributed by atoms with Gasteiger partial charge in [-0.1, -0.05) is 0 Å². The number of rotatable bonds is 4. The highest BCUT2D eigenvalue weighted by molar-refractivity contribution is 9.10. The maximum atomic E-state index is 12.1. The van der Waals surface area contributed by atoms with Gasteiger partial charge in [0.05, 0.1) is 19.2 Å². The minimum atomic E-state index is -0.133. The molecule has 0 bridgehead atoms. The molecular formula is C13H11Br2NO2S. The summed E-state index contributed by atoms with van der Waals surface area (Å²) in [6.45, 7) is 0.501. The minimum absolute atomic E-state index is 0.133. The Labute approximate surface area is 132 Å². The third-order valence-electron chi connectivity index (χ3n) is 2.52. The topological polar surface area (TPSA) is 38.3 Å². The van der Waals surface area contributed by atoms with Crippen LogP contribution in [0, 0.1) is 0 Å². The molecule has 1 aromatic heterocycles. The summed E-state index contributed by atoms with van der Waals surface area (Å²) in [7, 11) is 1.58. The highest BCUT2D eigenvalue weighted by Gasteiger charge is 2.12. The maximum Gasteiger partial charge on any atom is 0.252 e. The Morgan fingerprint density at radius 3 is 2.74 bits per heavy atom. The SMILES string of the molecule is COc1ccc(Br)c(C(=O)NCc2sccc2Br)c1. The van der Waals surface area contributed by atoms with Crippen molar-refractivity contribution in [2.24, 2.45) is 0 Å². The Morgan fingerprint density at radius 2 is 2.11 bits per heavy atom. The molecule has 2 rings (SSSR count). The van der Waals surface area contributed by atoms with Gasteiger partial charge in [0, 0.05) is 13.8 Å². The van der Waals surface area contributed by atoms with E-state index in [1.54, 1.807) is 36.6 Å². The molecule has 3 nitrogen and oxygen atoms in total. The van der Waals surface area contributed by atoms with E-state index in [-0.39, 0.29) is 5.91 Å². The quantitative estimate of drug-likeness (QED) is 0.828. The van der Waals surface area contributed by atoms with Crippen molar-refractivity contribution in [3.63, 3.8) is 0 Å². The maximum absolute atomic E-state index is 12.1. The molecule has 0 saturated heterocycles. The summed E-state index contributed by atoms with van der Waals surface area (Å²) in [5.74, 6) is 0.525. The van der Waals surface area contributed by atoms with Crippen LogP contribution in [0.1, 0.15) is 15.2 Å². The lowest BCUT2D eigenvalue weighted by atomic mass is 10.2. The number of hydrogen-bond donors (Lipinski definition) is 1. The number of thiophene rings is 1. The summed E-state index contributed by atoms with van der Waals surface area (Å²) in [5.41, 5.74) is 0.562. The van der Waals surface area contributed by atoms with Crippen molar-refractivity contribution in [1.82, 2.24) is 5.32 Å². The zero-order chi connectivity index (χ0) is 13.8. The van der Waals surface area contributed by atoms with E-state index in [4.69, 9.17) is 4.74 Å². The van der Waals surface area contributed by atoms with Gasteiger partial charge in [-0.25, -0.2) is 0 Å². The predicted octanol–water partition coefficient (Wildman–Crippen LogP) is 4.21. The first-order chi connectivity index (χ1) is 9.11. The molecule has 2 aromatic rings. The fourth-order valence-electron chi connectivity index (χ4n) is 1.51. The fourth-order valence-corrected chi connectivity index (χ4v) is 3.37. The minimum Gasteiger partial charge on any atom is -0.497 e. The second-order valence-corrected chi connectivity index (χ2v) is 6.43. The third-order valence-corrected chi connectivity index (χ3v) is 5.14. The number of ether oxygens (including phenoxy) is 1. The van der Waals surface area contributed by atoms with Crippen LogP contribution in [-0.2, 0) is 6.54 Å². The van der Waals surface area contributed by atoms with Crippen molar-refractivity contribution in [2.45, 2.75) is 6.54 Å². The summed E-state index contributed by atoms with van der Waals surface area (Å²) in [5, 5.41) is 4.87. The van der Waals surface area contributed by atoms with E-state index in [1.165, 1.54) is 0 Å². The van der Waals surface area contributed by atoms with Gasteiger partial charge in [-0.15, -0.1) is 11.3 Å². The van der Waals surface area contributed by atoms with E-state index in [2.05, 4.69) is 37.2 Å². The van der Waals surface area contributed by atoms with Crippen molar-refractivity contribution in [3.05, 3.63) is 49.0 Å². The summed E-state index contributed by atoms with van der Waals surface area (Å²) in [6, 6.07) is 7.28. The number of amides is 1. The molecule has 1 N–H and O–H groups in total.